The predicted molar refractivity (Wildman–Crippen MR) is 135 cm³/mol. The average Bonchev–Trinajstić information content (AvgIpc) is 3.73. The van der Waals surface area contributed by atoms with E-state index in [2.05, 4.69) is 6.92 Å². The van der Waals surface area contributed by atoms with Crippen molar-refractivity contribution in [3.63, 3.8) is 0 Å². The molecular formula is C29H32FN3O3. The lowest BCUT2D eigenvalue weighted by Crippen LogP contribution is -2.62. The van der Waals surface area contributed by atoms with E-state index in [1.807, 2.05) is 36.6 Å². The van der Waals surface area contributed by atoms with Gasteiger partial charge in [-0.15, -0.1) is 0 Å². The van der Waals surface area contributed by atoms with Gasteiger partial charge in [0.25, 0.3) is 5.91 Å². The third-order valence-electron chi connectivity index (χ3n) is 8.43. The van der Waals surface area contributed by atoms with Crippen molar-refractivity contribution in [2.75, 3.05) is 19.6 Å². The molecule has 1 aliphatic heterocycles. The van der Waals surface area contributed by atoms with Crippen molar-refractivity contribution in [3.8, 4) is 11.3 Å². The molecule has 6 rings (SSSR count). The molecule has 2 aliphatic carbocycles. The Hall–Kier alpha value is -3.22. The monoisotopic (exact) mass is 489 g/mol. The normalized spacial score (nSPS) is 21.5. The Kier molecular flexibility index (Phi) is 4.92. The molecular weight excluding hydrogens is 457 g/mol. The van der Waals surface area contributed by atoms with E-state index in [9.17, 15) is 14.0 Å². The fourth-order valence-corrected chi connectivity index (χ4v) is 5.42. The number of aromatic nitrogens is 1. The number of pyridine rings is 1. The van der Waals surface area contributed by atoms with Gasteiger partial charge in [0, 0.05) is 42.2 Å². The average molecular weight is 490 g/mol. The molecule has 36 heavy (non-hydrogen) atoms. The number of hydrogen-bond donors (Lipinski definition) is 0. The third kappa shape index (κ3) is 3.80. The summed E-state index contributed by atoms with van der Waals surface area (Å²) >= 11 is 0. The number of piperazine rings is 1. The molecule has 3 heterocycles. The van der Waals surface area contributed by atoms with Gasteiger partial charge in [-0.25, -0.2) is 9.37 Å². The van der Waals surface area contributed by atoms with E-state index in [4.69, 9.17) is 9.40 Å². The second kappa shape index (κ2) is 7.64. The maximum absolute atomic E-state index is 13.7. The molecule has 6 nitrogen and oxygen atoms in total. The van der Waals surface area contributed by atoms with Crippen LogP contribution in [-0.2, 0) is 10.2 Å². The highest BCUT2D eigenvalue weighted by Gasteiger charge is 2.50. The first-order valence-electron chi connectivity index (χ1n) is 12.8. The minimum atomic E-state index is -0.521. The fourth-order valence-electron chi connectivity index (χ4n) is 5.42. The fraction of sp³-hybridized carbons (Fsp3) is 0.483. The summed E-state index contributed by atoms with van der Waals surface area (Å²) < 4.78 is 19.7. The van der Waals surface area contributed by atoms with E-state index in [0.717, 1.165) is 42.5 Å². The van der Waals surface area contributed by atoms with Crippen LogP contribution >= 0.6 is 0 Å². The number of nitrogens with zero attached hydrogens (tertiary/aromatic N) is 3. The molecule has 0 N–H and O–H groups in total. The molecule has 0 radical (unpaired) electrons. The molecule has 1 saturated heterocycles. The van der Waals surface area contributed by atoms with Gasteiger partial charge in [-0.2, -0.15) is 0 Å². The van der Waals surface area contributed by atoms with Crippen LogP contribution in [0.2, 0.25) is 0 Å². The highest BCUT2D eigenvalue weighted by molar-refractivity contribution is 5.97. The summed E-state index contributed by atoms with van der Waals surface area (Å²) in [6, 6.07) is 10.1. The zero-order valence-corrected chi connectivity index (χ0v) is 21.4. The number of carbonyl (C=O) groups is 2. The second-order valence-electron chi connectivity index (χ2n) is 12.0. The molecule has 0 bridgehead atoms. The van der Waals surface area contributed by atoms with Gasteiger partial charge >= 0.3 is 0 Å². The summed E-state index contributed by atoms with van der Waals surface area (Å²) in [6.45, 7) is 9.72. The van der Waals surface area contributed by atoms with E-state index in [-0.39, 0.29) is 34.2 Å². The maximum atomic E-state index is 13.7. The number of furan rings is 1. The minimum absolute atomic E-state index is 0.0156. The quantitative estimate of drug-likeness (QED) is 0.482. The molecule has 2 amide bonds. The Morgan fingerprint density at radius 2 is 1.67 bits per heavy atom. The van der Waals surface area contributed by atoms with Crippen molar-refractivity contribution in [2.24, 2.45) is 5.41 Å². The van der Waals surface area contributed by atoms with Crippen LogP contribution in [0.5, 0.6) is 0 Å². The predicted octanol–water partition coefficient (Wildman–Crippen LogP) is 5.55. The van der Waals surface area contributed by atoms with Gasteiger partial charge in [0.15, 0.2) is 11.3 Å². The standard InChI is InChI=1S/C29H32FN3O3/c1-27(2)17-32(26(35)29(4)11-12-29)13-14-33(27)25(34)23-16-22-24(36-23)20(28(3)9-10-28)15-21(31-22)18-5-7-19(30)8-6-18/h5-8,15-16H,9-14,17H2,1-4H3. The molecule has 188 valence electrons. The number of halogens is 1. The molecule has 2 aromatic heterocycles. The van der Waals surface area contributed by atoms with Crippen molar-refractivity contribution < 1.29 is 18.4 Å². The summed E-state index contributed by atoms with van der Waals surface area (Å²) in [5.41, 5.74) is 3.14. The first-order valence-corrected chi connectivity index (χ1v) is 12.8. The van der Waals surface area contributed by atoms with E-state index in [1.165, 1.54) is 12.1 Å². The zero-order chi connectivity index (χ0) is 25.5. The molecule has 0 spiro atoms. The van der Waals surface area contributed by atoms with Gasteiger partial charge in [0.05, 0.1) is 11.2 Å². The highest BCUT2D eigenvalue weighted by atomic mass is 19.1. The SMILES string of the molecule is CC1(C(=O)N2CCN(C(=O)c3cc4nc(-c5ccc(F)cc5)cc(C5(C)CC5)c4o3)C(C)(C)C2)CC1. The van der Waals surface area contributed by atoms with Gasteiger partial charge in [-0.3, -0.25) is 9.59 Å². The summed E-state index contributed by atoms with van der Waals surface area (Å²) in [7, 11) is 0. The van der Waals surface area contributed by atoms with Gasteiger partial charge < -0.3 is 14.2 Å². The third-order valence-corrected chi connectivity index (χ3v) is 8.43. The second-order valence-corrected chi connectivity index (χ2v) is 12.0. The molecule has 3 fully saturated rings. The number of amides is 2. The van der Waals surface area contributed by atoms with Crippen LogP contribution in [-0.4, -0.2) is 51.8 Å². The van der Waals surface area contributed by atoms with Crippen molar-refractivity contribution in [3.05, 3.63) is 53.5 Å². The summed E-state index contributed by atoms with van der Waals surface area (Å²) in [5.74, 6) is -0.00784. The maximum Gasteiger partial charge on any atom is 0.290 e. The summed E-state index contributed by atoms with van der Waals surface area (Å²) in [5, 5.41) is 0. The zero-order valence-electron chi connectivity index (χ0n) is 21.4. The molecule has 3 aromatic rings. The Bertz CT molecular complexity index is 1380. The number of hydrogen-bond acceptors (Lipinski definition) is 4. The van der Waals surface area contributed by atoms with Crippen molar-refractivity contribution in [2.45, 2.75) is 64.3 Å². The molecule has 7 heteroatoms. The summed E-state index contributed by atoms with van der Waals surface area (Å²) in [6.07, 6.45) is 3.97. The Labute approximate surface area is 210 Å². The molecule has 3 aliphatic rings. The number of rotatable bonds is 4. The Morgan fingerprint density at radius 1 is 0.972 bits per heavy atom. The van der Waals surface area contributed by atoms with E-state index in [1.54, 1.807) is 18.2 Å². The van der Waals surface area contributed by atoms with Gasteiger partial charge in [0.1, 0.15) is 11.3 Å². The van der Waals surface area contributed by atoms with Crippen LogP contribution in [0, 0.1) is 11.2 Å². The molecule has 1 aromatic carbocycles. The Balaban J connectivity index is 1.33. The number of fused-ring (bicyclic) bond motifs is 1. The minimum Gasteiger partial charge on any atom is -0.449 e. The Morgan fingerprint density at radius 3 is 2.28 bits per heavy atom. The highest BCUT2D eigenvalue weighted by Crippen LogP contribution is 2.51. The topological polar surface area (TPSA) is 66.7 Å². The van der Waals surface area contributed by atoms with Crippen LogP contribution < -0.4 is 0 Å². The van der Waals surface area contributed by atoms with Gasteiger partial charge in [0.2, 0.25) is 5.91 Å². The van der Waals surface area contributed by atoms with Crippen molar-refractivity contribution in [1.29, 1.82) is 0 Å². The van der Waals surface area contributed by atoms with Crippen LogP contribution in [0.25, 0.3) is 22.4 Å². The van der Waals surface area contributed by atoms with Crippen LogP contribution in [0.15, 0.2) is 40.8 Å². The lowest BCUT2D eigenvalue weighted by atomic mass is 9.96. The molecule has 2 saturated carbocycles. The molecule has 0 unspecified atom stereocenters. The molecule has 0 atom stereocenters. The van der Waals surface area contributed by atoms with Crippen molar-refractivity contribution in [1.82, 2.24) is 14.8 Å². The van der Waals surface area contributed by atoms with E-state index < -0.39 is 5.54 Å². The smallest absolute Gasteiger partial charge is 0.290 e. The van der Waals surface area contributed by atoms with Crippen LogP contribution in [0.1, 0.15) is 69.5 Å². The lowest BCUT2D eigenvalue weighted by molar-refractivity contribution is -0.140. The lowest BCUT2D eigenvalue weighted by Gasteiger charge is -2.47. The van der Waals surface area contributed by atoms with E-state index in [0.29, 0.717) is 30.7 Å². The van der Waals surface area contributed by atoms with E-state index >= 15 is 0 Å². The first-order chi connectivity index (χ1) is 17.0. The number of benzene rings is 1. The van der Waals surface area contributed by atoms with Gasteiger partial charge in [-0.05, 0) is 75.3 Å². The van der Waals surface area contributed by atoms with Crippen LogP contribution in [0.4, 0.5) is 4.39 Å². The van der Waals surface area contributed by atoms with Crippen molar-refractivity contribution >= 4 is 22.9 Å². The summed E-state index contributed by atoms with van der Waals surface area (Å²) in [4.78, 5) is 35.1. The largest absolute Gasteiger partial charge is 0.449 e. The first kappa shape index (κ1) is 23.2. The number of carbonyl (C=O) groups excluding carboxylic acids is 2. The van der Waals surface area contributed by atoms with Gasteiger partial charge in [-0.1, -0.05) is 13.8 Å². The van der Waals surface area contributed by atoms with Crippen LogP contribution in [0.3, 0.4) is 0 Å².